The summed E-state index contributed by atoms with van der Waals surface area (Å²) in [5, 5.41) is 30.8. The fourth-order valence-electron chi connectivity index (χ4n) is 3.28. The SMILES string of the molecule is CN(C)C(=O)C(C#N)=Cc1cccc(CCCC(=O)N[C@@H](CB(O)O)c2ccccc2)c1. The van der Waals surface area contributed by atoms with Crippen molar-refractivity contribution in [3.63, 3.8) is 0 Å². The van der Waals surface area contributed by atoms with Crippen molar-refractivity contribution in [2.75, 3.05) is 14.1 Å². The number of hydrogen-bond acceptors (Lipinski definition) is 5. The predicted octanol–water partition coefficient (Wildman–Crippen LogP) is 2.33. The molecular formula is C24H28BN3O4. The second kappa shape index (κ2) is 12.4. The van der Waals surface area contributed by atoms with Crippen LogP contribution in [-0.2, 0) is 16.0 Å². The smallest absolute Gasteiger partial charge is 0.427 e. The summed E-state index contributed by atoms with van der Waals surface area (Å²) in [5.74, 6) is -0.519. The monoisotopic (exact) mass is 433 g/mol. The topological polar surface area (TPSA) is 114 Å². The van der Waals surface area contributed by atoms with Crippen molar-refractivity contribution in [1.82, 2.24) is 10.2 Å². The highest BCUT2D eigenvalue weighted by Crippen LogP contribution is 2.19. The fraction of sp³-hybridized carbons (Fsp3) is 0.292. The summed E-state index contributed by atoms with van der Waals surface area (Å²) in [4.78, 5) is 25.8. The summed E-state index contributed by atoms with van der Waals surface area (Å²) < 4.78 is 0. The molecule has 0 saturated carbocycles. The van der Waals surface area contributed by atoms with E-state index < -0.39 is 13.2 Å². The normalized spacial score (nSPS) is 11.9. The van der Waals surface area contributed by atoms with Gasteiger partial charge in [0.05, 0.1) is 6.04 Å². The van der Waals surface area contributed by atoms with Crippen LogP contribution in [0, 0.1) is 11.3 Å². The summed E-state index contributed by atoms with van der Waals surface area (Å²) in [6, 6.07) is 18.2. The molecular weight excluding hydrogens is 405 g/mol. The number of aryl methyl sites for hydroxylation is 1. The molecule has 0 radical (unpaired) electrons. The molecule has 0 heterocycles. The molecule has 0 bridgehead atoms. The average Bonchev–Trinajstić information content (AvgIpc) is 2.77. The van der Waals surface area contributed by atoms with Gasteiger partial charge in [0.15, 0.2) is 0 Å². The van der Waals surface area contributed by atoms with Gasteiger partial charge in [-0.2, -0.15) is 5.26 Å². The van der Waals surface area contributed by atoms with Crippen LogP contribution in [0.1, 0.15) is 35.6 Å². The van der Waals surface area contributed by atoms with Gasteiger partial charge in [0.25, 0.3) is 5.91 Å². The molecule has 0 aliphatic rings. The van der Waals surface area contributed by atoms with Crippen molar-refractivity contribution in [2.24, 2.45) is 0 Å². The van der Waals surface area contributed by atoms with E-state index in [9.17, 15) is 24.9 Å². The number of nitrogens with one attached hydrogen (secondary N) is 1. The first-order valence-corrected chi connectivity index (χ1v) is 10.4. The van der Waals surface area contributed by atoms with Crippen molar-refractivity contribution in [2.45, 2.75) is 31.6 Å². The molecule has 0 saturated heterocycles. The molecule has 32 heavy (non-hydrogen) atoms. The summed E-state index contributed by atoms with van der Waals surface area (Å²) in [7, 11) is 1.67. The zero-order valence-electron chi connectivity index (χ0n) is 18.4. The van der Waals surface area contributed by atoms with Gasteiger partial charge in [0, 0.05) is 26.8 Å². The lowest BCUT2D eigenvalue weighted by Crippen LogP contribution is -2.31. The maximum atomic E-state index is 12.4. The predicted molar refractivity (Wildman–Crippen MR) is 124 cm³/mol. The Morgan fingerprint density at radius 1 is 1.16 bits per heavy atom. The number of hydrogen-bond donors (Lipinski definition) is 3. The summed E-state index contributed by atoms with van der Waals surface area (Å²) in [6.07, 6.45) is 3.11. The van der Waals surface area contributed by atoms with Gasteiger partial charge < -0.3 is 20.3 Å². The first-order chi connectivity index (χ1) is 15.3. The lowest BCUT2D eigenvalue weighted by Gasteiger charge is -2.19. The van der Waals surface area contributed by atoms with Crippen LogP contribution in [0.3, 0.4) is 0 Å². The molecule has 0 aliphatic heterocycles. The Labute approximate surface area is 189 Å². The Balaban J connectivity index is 1.95. The van der Waals surface area contributed by atoms with Crippen LogP contribution in [0.15, 0.2) is 60.2 Å². The number of nitrogens with zero attached hydrogens (tertiary/aromatic N) is 2. The lowest BCUT2D eigenvalue weighted by atomic mass is 9.79. The van der Waals surface area contributed by atoms with Gasteiger partial charge in [-0.15, -0.1) is 0 Å². The number of carbonyl (C=O) groups is 2. The van der Waals surface area contributed by atoms with Crippen molar-refractivity contribution in [1.29, 1.82) is 5.26 Å². The third-order valence-electron chi connectivity index (χ3n) is 4.87. The number of carbonyl (C=O) groups excluding carboxylic acids is 2. The molecule has 0 spiro atoms. The third kappa shape index (κ3) is 8.02. The van der Waals surface area contributed by atoms with E-state index in [1.54, 1.807) is 20.2 Å². The Morgan fingerprint density at radius 3 is 2.50 bits per heavy atom. The van der Waals surface area contributed by atoms with Crippen LogP contribution in [-0.4, -0.2) is 48.0 Å². The maximum absolute atomic E-state index is 12.4. The molecule has 0 aromatic heterocycles. The number of rotatable bonds is 10. The quantitative estimate of drug-likeness (QED) is 0.302. The Bertz CT molecular complexity index is 984. The summed E-state index contributed by atoms with van der Waals surface area (Å²) in [5.41, 5.74) is 2.62. The van der Waals surface area contributed by atoms with Gasteiger partial charge in [-0.05, 0) is 35.6 Å². The van der Waals surface area contributed by atoms with Crippen LogP contribution in [0.25, 0.3) is 6.08 Å². The van der Waals surface area contributed by atoms with Gasteiger partial charge in [-0.3, -0.25) is 9.59 Å². The Kier molecular flexibility index (Phi) is 9.67. The molecule has 2 aromatic carbocycles. The third-order valence-corrected chi connectivity index (χ3v) is 4.87. The molecule has 2 rings (SSSR count). The standard InChI is InChI=1S/C24H28BN3O4/c1-28(2)24(30)21(17-26)15-19-10-6-8-18(14-19)9-7-13-23(29)27-22(16-25(31)32)20-11-4-3-5-12-20/h3-6,8,10-12,14-15,22,31-32H,7,9,13,16H2,1-2H3,(H,27,29)/t22-/m0/s1. The van der Waals surface area contributed by atoms with Crippen LogP contribution >= 0.6 is 0 Å². The van der Waals surface area contributed by atoms with E-state index in [4.69, 9.17) is 0 Å². The van der Waals surface area contributed by atoms with Crippen molar-refractivity contribution < 1.29 is 19.6 Å². The Morgan fingerprint density at radius 2 is 1.88 bits per heavy atom. The van der Waals surface area contributed by atoms with E-state index in [0.29, 0.717) is 12.8 Å². The second-order valence-electron chi connectivity index (χ2n) is 7.72. The number of nitriles is 1. The largest absolute Gasteiger partial charge is 0.453 e. The van der Waals surface area contributed by atoms with Crippen LogP contribution in [0.2, 0.25) is 6.32 Å². The molecule has 1 atom stereocenters. The molecule has 2 amide bonds. The van der Waals surface area contributed by atoms with Gasteiger partial charge in [-0.25, -0.2) is 0 Å². The first-order valence-electron chi connectivity index (χ1n) is 10.4. The zero-order valence-corrected chi connectivity index (χ0v) is 18.4. The molecule has 8 heteroatoms. The van der Waals surface area contributed by atoms with E-state index in [1.165, 1.54) is 4.90 Å². The minimum Gasteiger partial charge on any atom is -0.427 e. The number of benzene rings is 2. The van der Waals surface area contributed by atoms with Gasteiger partial charge in [0.1, 0.15) is 11.6 Å². The van der Waals surface area contributed by atoms with E-state index in [-0.39, 0.29) is 30.1 Å². The Hall–Kier alpha value is -3.41. The molecule has 0 fully saturated rings. The molecule has 7 nitrogen and oxygen atoms in total. The van der Waals surface area contributed by atoms with Crippen LogP contribution in [0.4, 0.5) is 0 Å². The minimum absolute atomic E-state index is 0.0109. The zero-order chi connectivity index (χ0) is 23.5. The van der Waals surface area contributed by atoms with Gasteiger partial charge in [-0.1, -0.05) is 54.6 Å². The summed E-state index contributed by atoms with van der Waals surface area (Å²) in [6.45, 7) is 0. The fourth-order valence-corrected chi connectivity index (χ4v) is 3.28. The van der Waals surface area contributed by atoms with Gasteiger partial charge in [0.2, 0.25) is 5.91 Å². The summed E-state index contributed by atoms with van der Waals surface area (Å²) >= 11 is 0. The van der Waals surface area contributed by atoms with Gasteiger partial charge >= 0.3 is 7.12 Å². The molecule has 0 unspecified atom stereocenters. The maximum Gasteiger partial charge on any atom is 0.453 e. The van der Waals surface area contributed by atoms with E-state index in [2.05, 4.69) is 5.32 Å². The van der Waals surface area contributed by atoms with Crippen molar-refractivity contribution in [3.8, 4) is 6.07 Å². The highest BCUT2D eigenvalue weighted by Gasteiger charge is 2.20. The molecule has 2 aromatic rings. The first kappa shape index (κ1) is 24.9. The van der Waals surface area contributed by atoms with Crippen LogP contribution < -0.4 is 5.32 Å². The lowest BCUT2D eigenvalue weighted by molar-refractivity contribution is -0.124. The molecule has 3 N–H and O–H groups in total. The van der Waals surface area contributed by atoms with Crippen molar-refractivity contribution >= 4 is 25.0 Å². The van der Waals surface area contributed by atoms with Crippen molar-refractivity contribution in [3.05, 3.63) is 76.9 Å². The minimum atomic E-state index is -1.52. The highest BCUT2D eigenvalue weighted by molar-refractivity contribution is 6.41. The second-order valence-corrected chi connectivity index (χ2v) is 7.72. The van der Waals surface area contributed by atoms with E-state index in [0.717, 1.165) is 16.7 Å². The van der Waals surface area contributed by atoms with E-state index in [1.807, 2.05) is 60.7 Å². The molecule has 0 aliphatic carbocycles. The van der Waals surface area contributed by atoms with Crippen LogP contribution in [0.5, 0.6) is 0 Å². The van der Waals surface area contributed by atoms with E-state index >= 15 is 0 Å². The highest BCUT2D eigenvalue weighted by atomic mass is 16.4. The number of amides is 2. The number of likely N-dealkylation sites (N-methyl/N-ethyl adjacent to an activating group) is 1. The average molecular weight is 433 g/mol. The molecule has 166 valence electrons.